The summed E-state index contributed by atoms with van der Waals surface area (Å²) in [4.78, 5) is 16.2. The van der Waals surface area contributed by atoms with Crippen LogP contribution in [-0.4, -0.2) is 29.2 Å². The third kappa shape index (κ3) is 4.30. The number of halogens is 1. The number of allylic oxidation sites excluding steroid dienone is 3. The van der Waals surface area contributed by atoms with Crippen LogP contribution < -0.4 is 0 Å². The maximum atomic E-state index is 13.0. The molecule has 0 radical (unpaired) electrons. The number of amides is 1. The second-order valence-corrected chi connectivity index (χ2v) is 11.1. The Balaban J connectivity index is 2.03. The quantitative estimate of drug-likeness (QED) is 0.336. The van der Waals surface area contributed by atoms with Crippen LogP contribution in [0.3, 0.4) is 0 Å². The Bertz CT molecular complexity index is 811. The Morgan fingerprint density at radius 3 is 2.75 bits per heavy atom. The number of nitrogens with zero attached hydrogens (tertiary/aromatic N) is 1. The molecule has 1 aliphatic heterocycles. The summed E-state index contributed by atoms with van der Waals surface area (Å²) in [6.07, 6.45) is 9.19. The fourth-order valence-electron chi connectivity index (χ4n) is 4.31. The largest absolute Gasteiger partial charge is 0.444 e. The summed E-state index contributed by atoms with van der Waals surface area (Å²) < 4.78 is 6.91. The van der Waals surface area contributed by atoms with E-state index in [4.69, 9.17) is 4.74 Å². The zero-order valence-electron chi connectivity index (χ0n) is 17.4. The van der Waals surface area contributed by atoms with Crippen molar-refractivity contribution in [2.45, 2.75) is 70.3 Å². The number of benzene rings is 1. The van der Waals surface area contributed by atoms with E-state index < -0.39 is 5.60 Å². The smallest absolute Gasteiger partial charge is 0.410 e. The van der Waals surface area contributed by atoms with Crippen molar-refractivity contribution in [2.24, 2.45) is 0 Å². The van der Waals surface area contributed by atoms with Crippen molar-refractivity contribution in [3.8, 4) is 0 Å². The SMILES string of the molecule is C/C=C\C(=C/C)S[C@@]12CCN(C(=O)OC(C)(C)C)[C@@H]1CCc1cc(I)ccc12. The number of aryl methyl sites for hydroxylation is 1. The van der Waals surface area contributed by atoms with E-state index in [9.17, 15) is 4.79 Å². The lowest BCUT2D eigenvalue weighted by Crippen LogP contribution is -2.47. The lowest BCUT2D eigenvalue weighted by molar-refractivity contribution is 0.0203. The molecule has 1 saturated heterocycles. The van der Waals surface area contributed by atoms with Gasteiger partial charge in [-0.1, -0.05) is 24.3 Å². The molecule has 0 aromatic heterocycles. The van der Waals surface area contributed by atoms with Crippen molar-refractivity contribution >= 4 is 40.4 Å². The van der Waals surface area contributed by atoms with E-state index in [1.165, 1.54) is 19.6 Å². The Kier molecular flexibility index (Phi) is 6.54. The first-order valence-electron chi connectivity index (χ1n) is 9.97. The highest BCUT2D eigenvalue weighted by Gasteiger charge is 2.54. The molecule has 2 aliphatic rings. The van der Waals surface area contributed by atoms with Crippen LogP contribution in [0, 0.1) is 3.57 Å². The van der Waals surface area contributed by atoms with Crippen LogP contribution in [0.2, 0.25) is 0 Å². The Hall–Kier alpha value is -0.950. The number of likely N-dealkylation sites (tertiary alicyclic amines) is 1. The van der Waals surface area contributed by atoms with E-state index in [0.29, 0.717) is 0 Å². The Morgan fingerprint density at radius 1 is 1.36 bits per heavy atom. The summed E-state index contributed by atoms with van der Waals surface area (Å²) in [5, 5.41) is 0. The Morgan fingerprint density at radius 2 is 2.11 bits per heavy atom. The second-order valence-electron chi connectivity index (χ2n) is 8.46. The maximum Gasteiger partial charge on any atom is 0.410 e. The highest BCUT2D eigenvalue weighted by molar-refractivity contribution is 14.1. The topological polar surface area (TPSA) is 29.5 Å². The van der Waals surface area contributed by atoms with E-state index in [-0.39, 0.29) is 16.9 Å². The highest BCUT2D eigenvalue weighted by atomic mass is 127. The van der Waals surface area contributed by atoms with Gasteiger partial charge in [0.05, 0.1) is 10.8 Å². The lowest BCUT2D eigenvalue weighted by atomic mass is 9.78. The minimum absolute atomic E-state index is 0.115. The minimum Gasteiger partial charge on any atom is -0.444 e. The van der Waals surface area contributed by atoms with Crippen molar-refractivity contribution in [2.75, 3.05) is 6.54 Å². The van der Waals surface area contributed by atoms with Gasteiger partial charge in [0.2, 0.25) is 0 Å². The fourth-order valence-corrected chi connectivity index (χ4v) is 6.50. The molecule has 1 amide bonds. The molecular formula is C23H30INO2S. The second kappa shape index (κ2) is 8.42. The molecule has 3 rings (SSSR count). The van der Waals surface area contributed by atoms with Gasteiger partial charge in [-0.25, -0.2) is 4.79 Å². The van der Waals surface area contributed by atoms with Crippen LogP contribution in [0.4, 0.5) is 4.79 Å². The van der Waals surface area contributed by atoms with Gasteiger partial charge in [0.1, 0.15) is 5.60 Å². The van der Waals surface area contributed by atoms with E-state index in [0.717, 1.165) is 25.8 Å². The first-order chi connectivity index (χ1) is 13.2. The summed E-state index contributed by atoms with van der Waals surface area (Å²) in [6.45, 7) is 10.7. The first kappa shape index (κ1) is 21.8. The summed E-state index contributed by atoms with van der Waals surface area (Å²) in [5.74, 6) is 0. The van der Waals surface area contributed by atoms with E-state index >= 15 is 0 Å². The summed E-state index contributed by atoms with van der Waals surface area (Å²) in [7, 11) is 0. The normalized spacial score (nSPS) is 25.0. The molecule has 0 N–H and O–H groups in total. The van der Waals surface area contributed by atoms with Gasteiger partial charge in [-0.05, 0) is 99.7 Å². The van der Waals surface area contributed by atoms with Crippen LogP contribution in [-0.2, 0) is 15.9 Å². The van der Waals surface area contributed by atoms with Gasteiger partial charge in [0.15, 0.2) is 0 Å². The molecule has 152 valence electrons. The van der Waals surface area contributed by atoms with E-state index in [2.05, 4.69) is 72.9 Å². The van der Waals surface area contributed by atoms with Crippen molar-refractivity contribution in [3.63, 3.8) is 0 Å². The molecule has 1 heterocycles. The molecular weight excluding hydrogens is 481 g/mol. The monoisotopic (exact) mass is 511 g/mol. The molecule has 0 saturated carbocycles. The molecule has 1 aliphatic carbocycles. The van der Waals surface area contributed by atoms with Crippen LogP contribution in [0.5, 0.6) is 0 Å². The Labute approximate surface area is 187 Å². The van der Waals surface area contributed by atoms with Gasteiger partial charge in [-0.3, -0.25) is 0 Å². The number of ether oxygens (including phenoxy) is 1. The average molecular weight is 511 g/mol. The van der Waals surface area contributed by atoms with Crippen LogP contribution in [0.15, 0.2) is 41.3 Å². The standard InChI is InChI=1S/C23H30INO2S/c1-6-8-18(7-2)28-23-13-14-25(21(26)27-22(3,4)5)20(23)12-9-16-15-17(24)10-11-19(16)23/h6-8,10-11,15,20H,9,12-14H2,1-5H3/b8-6-,18-7+/t20-,23-/m1/s1. The van der Waals surface area contributed by atoms with Gasteiger partial charge in [0, 0.05) is 15.0 Å². The molecule has 0 unspecified atom stereocenters. The first-order valence-corrected chi connectivity index (χ1v) is 11.9. The van der Waals surface area contributed by atoms with Gasteiger partial charge in [-0.2, -0.15) is 0 Å². The summed E-state index contributed by atoms with van der Waals surface area (Å²) in [5.41, 5.74) is 2.35. The van der Waals surface area contributed by atoms with E-state index in [1.54, 1.807) is 0 Å². The summed E-state index contributed by atoms with van der Waals surface area (Å²) >= 11 is 4.31. The zero-order valence-corrected chi connectivity index (χ0v) is 20.4. The fraction of sp³-hybridized carbons (Fsp3) is 0.522. The van der Waals surface area contributed by atoms with Crippen LogP contribution in [0.25, 0.3) is 0 Å². The maximum absolute atomic E-state index is 13.0. The van der Waals surface area contributed by atoms with E-state index in [1.807, 2.05) is 37.4 Å². The lowest BCUT2D eigenvalue weighted by Gasteiger charge is -2.43. The number of fused-ring (bicyclic) bond motifs is 3. The average Bonchev–Trinajstić information content (AvgIpc) is 2.99. The van der Waals surface area contributed by atoms with Crippen molar-refractivity contribution in [1.29, 1.82) is 0 Å². The summed E-state index contributed by atoms with van der Waals surface area (Å²) in [6, 6.07) is 6.96. The highest BCUT2D eigenvalue weighted by Crippen LogP contribution is 2.56. The number of rotatable bonds is 3. The molecule has 2 atom stereocenters. The molecule has 1 fully saturated rings. The van der Waals surface area contributed by atoms with Gasteiger partial charge < -0.3 is 9.64 Å². The number of carbonyl (C=O) groups is 1. The molecule has 0 bridgehead atoms. The molecule has 1 aromatic carbocycles. The predicted molar refractivity (Wildman–Crippen MR) is 127 cm³/mol. The molecule has 3 nitrogen and oxygen atoms in total. The predicted octanol–water partition coefficient (Wildman–Crippen LogP) is 6.66. The molecule has 5 heteroatoms. The minimum atomic E-state index is -0.475. The van der Waals surface area contributed by atoms with Gasteiger partial charge >= 0.3 is 6.09 Å². The number of hydrogen-bond donors (Lipinski definition) is 0. The number of carbonyl (C=O) groups excluding carboxylic acids is 1. The molecule has 0 spiro atoms. The molecule has 1 aromatic rings. The number of thioether (sulfide) groups is 1. The van der Waals surface area contributed by atoms with Gasteiger partial charge in [-0.15, -0.1) is 11.8 Å². The molecule has 28 heavy (non-hydrogen) atoms. The van der Waals surface area contributed by atoms with Crippen molar-refractivity contribution < 1.29 is 9.53 Å². The zero-order chi connectivity index (χ0) is 20.5. The van der Waals surface area contributed by atoms with Crippen molar-refractivity contribution in [1.82, 2.24) is 4.90 Å². The third-order valence-corrected chi connectivity index (χ3v) is 7.73. The number of hydrogen-bond acceptors (Lipinski definition) is 3. The van der Waals surface area contributed by atoms with Crippen LogP contribution in [0.1, 0.15) is 58.6 Å². The van der Waals surface area contributed by atoms with Crippen molar-refractivity contribution in [3.05, 3.63) is 56.0 Å². The van der Waals surface area contributed by atoms with Crippen LogP contribution >= 0.6 is 34.4 Å². The third-order valence-electron chi connectivity index (χ3n) is 5.39. The van der Waals surface area contributed by atoms with Gasteiger partial charge in [0.25, 0.3) is 0 Å².